The summed E-state index contributed by atoms with van der Waals surface area (Å²) in [4.78, 5) is 22.2. The summed E-state index contributed by atoms with van der Waals surface area (Å²) in [6.45, 7) is 1.54. The predicted octanol–water partition coefficient (Wildman–Crippen LogP) is 1.01. The average molecular weight is 239 g/mol. The van der Waals surface area contributed by atoms with Gasteiger partial charge < -0.3 is 10.1 Å². The van der Waals surface area contributed by atoms with Crippen LogP contribution in [0.5, 0.6) is 0 Å². The summed E-state index contributed by atoms with van der Waals surface area (Å²) in [6.07, 6.45) is -4.85. The molecule has 16 heavy (non-hydrogen) atoms. The van der Waals surface area contributed by atoms with Crippen LogP contribution >= 0.6 is 0 Å². The van der Waals surface area contributed by atoms with Gasteiger partial charge in [0.1, 0.15) is 6.04 Å². The fraction of sp³-hybridized carbons (Fsp3) is 0.778. The molecular weight excluding hydrogens is 227 g/mol. The lowest BCUT2D eigenvalue weighted by Gasteiger charge is -2.31. The molecule has 1 fully saturated rings. The van der Waals surface area contributed by atoms with E-state index in [0.717, 1.165) is 0 Å². The third-order valence-corrected chi connectivity index (χ3v) is 2.34. The van der Waals surface area contributed by atoms with E-state index in [1.807, 2.05) is 0 Å². The lowest BCUT2D eigenvalue weighted by Crippen LogP contribution is -2.55. The molecule has 0 spiro atoms. The van der Waals surface area contributed by atoms with Crippen LogP contribution in [0.4, 0.5) is 13.2 Å². The molecule has 4 nitrogen and oxygen atoms in total. The van der Waals surface area contributed by atoms with Crippen LogP contribution in [0, 0.1) is 5.92 Å². The van der Waals surface area contributed by atoms with Crippen molar-refractivity contribution in [2.45, 2.75) is 32.0 Å². The van der Waals surface area contributed by atoms with Crippen LogP contribution in [-0.2, 0) is 14.3 Å². The molecule has 7 heteroatoms. The van der Waals surface area contributed by atoms with Crippen molar-refractivity contribution in [1.29, 1.82) is 0 Å². The highest BCUT2D eigenvalue weighted by molar-refractivity contribution is 5.82. The first kappa shape index (κ1) is 12.8. The smallest absolute Gasteiger partial charge is 0.409 e. The van der Waals surface area contributed by atoms with Crippen molar-refractivity contribution in [3.8, 4) is 0 Å². The van der Waals surface area contributed by atoms with Gasteiger partial charge in [-0.3, -0.25) is 9.59 Å². The molecule has 0 bridgehead atoms. The maximum absolute atomic E-state index is 12.5. The Morgan fingerprint density at radius 2 is 2.19 bits per heavy atom. The van der Waals surface area contributed by atoms with E-state index in [9.17, 15) is 22.8 Å². The molecule has 1 aliphatic heterocycles. The minimum Gasteiger partial charge on any atom is -0.466 e. The Kier molecular flexibility index (Phi) is 3.77. The maximum Gasteiger partial charge on any atom is 0.409 e. The van der Waals surface area contributed by atoms with E-state index in [1.54, 1.807) is 5.32 Å². The third kappa shape index (κ3) is 2.86. The number of carbonyl (C=O) groups is 2. The molecule has 0 radical (unpaired) electrons. The van der Waals surface area contributed by atoms with Crippen LogP contribution in [0.2, 0.25) is 0 Å². The van der Waals surface area contributed by atoms with Gasteiger partial charge in [0.15, 0.2) is 0 Å². The molecule has 1 heterocycles. The minimum atomic E-state index is -4.63. The van der Waals surface area contributed by atoms with Crippen molar-refractivity contribution >= 4 is 11.9 Å². The van der Waals surface area contributed by atoms with Crippen LogP contribution in [0.1, 0.15) is 19.8 Å². The van der Waals surface area contributed by atoms with Crippen LogP contribution < -0.4 is 5.32 Å². The maximum atomic E-state index is 12.5. The zero-order chi connectivity index (χ0) is 12.3. The Bertz CT molecular complexity index is 290. The van der Waals surface area contributed by atoms with E-state index in [1.165, 1.54) is 6.92 Å². The molecule has 0 aliphatic carbocycles. The molecule has 2 unspecified atom stereocenters. The number of hydrogen-bond donors (Lipinski definition) is 1. The summed E-state index contributed by atoms with van der Waals surface area (Å²) in [7, 11) is 0. The van der Waals surface area contributed by atoms with Crippen molar-refractivity contribution in [3.63, 3.8) is 0 Å². The summed E-state index contributed by atoms with van der Waals surface area (Å²) in [5.41, 5.74) is 0. The number of hydrogen-bond acceptors (Lipinski definition) is 3. The molecule has 1 N–H and O–H groups in total. The van der Waals surface area contributed by atoms with Crippen molar-refractivity contribution < 1.29 is 27.5 Å². The lowest BCUT2D eigenvalue weighted by atomic mass is 9.90. The number of carbonyl (C=O) groups excluding carboxylic acids is 2. The largest absolute Gasteiger partial charge is 0.466 e. The molecule has 0 aromatic rings. The fourth-order valence-corrected chi connectivity index (χ4v) is 1.61. The van der Waals surface area contributed by atoms with Gasteiger partial charge in [0.2, 0.25) is 5.91 Å². The molecule has 2 atom stereocenters. The molecule has 0 aromatic heterocycles. The quantitative estimate of drug-likeness (QED) is 0.731. The van der Waals surface area contributed by atoms with Crippen LogP contribution in [-0.4, -0.2) is 30.7 Å². The van der Waals surface area contributed by atoms with E-state index >= 15 is 0 Å². The van der Waals surface area contributed by atoms with Gasteiger partial charge in [0.05, 0.1) is 12.5 Å². The zero-order valence-electron chi connectivity index (χ0n) is 8.63. The van der Waals surface area contributed by atoms with Gasteiger partial charge in [-0.25, -0.2) is 0 Å². The molecule has 1 aliphatic rings. The number of ether oxygens (including phenoxy) is 1. The highest BCUT2D eigenvalue weighted by atomic mass is 19.4. The first-order valence-electron chi connectivity index (χ1n) is 4.89. The van der Waals surface area contributed by atoms with Crippen molar-refractivity contribution in [3.05, 3.63) is 0 Å². The Balaban J connectivity index is 2.80. The van der Waals surface area contributed by atoms with E-state index in [4.69, 9.17) is 0 Å². The normalized spacial score (nSPS) is 26.1. The summed E-state index contributed by atoms with van der Waals surface area (Å²) in [6, 6.07) is -2.13. The van der Waals surface area contributed by atoms with Crippen LogP contribution in [0.15, 0.2) is 0 Å². The van der Waals surface area contributed by atoms with Crippen molar-refractivity contribution in [2.24, 2.45) is 5.92 Å². The summed E-state index contributed by atoms with van der Waals surface area (Å²) >= 11 is 0. The summed E-state index contributed by atoms with van der Waals surface area (Å²) < 4.78 is 42.2. The Labute approximate surface area is 90.1 Å². The molecular formula is C9H12F3NO3. The van der Waals surface area contributed by atoms with Crippen molar-refractivity contribution in [2.75, 3.05) is 6.61 Å². The molecule has 1 amide bonds. The van der Waals surface area contributed by atoms with Gasteiger partial charge in [0, 0.05) is 6.42 Å². The Morgan fingerprint density at radius 1 is 1.56 bits per heavy atom. The first-order chi connectivity index (χ1) is 7.36. The second kappa shape index (κ2) is 4.71. The number of nitrogens with one attached hydrogen (secondary N) is 1. The Hall–Kier alpha value is -1.27. The molecule has 0 aromatic carbocycles. The monoisotopic (exact) mass is 239 g/mol. The molecule has 1 saturated heterocycles. The van der Waals surface area contributed by atoms with E-state index in [2.05, 4.69) is 4.74 Å². The third-order valence-electron chi connectivity index (χ3n) is 2.34. The van der Waals surface area contributed by atoms with Gasteiger partial charge in [-0.2, -0.15) is 13.2 Å². The van der Waals surface area contributed by atoms with Crippen LogP contribution in [0.3, 0.4) is 0 Å². The Morgan fingerprint density at radius 3 is 2.69 bits per heavy atom. The molecule has 92 valence electrons. The number of alkyl halides is 3. The second-order valence-electron chi connectivity index (χ2n) is 3.48. The first-order valence-corrected chi connectivity index (χ1v) is 4.89. The van der Waals surface area contributed by atoms with Gasteiger partial charge in [0.25, 0.3) is 0 Å². The highest BCUT2D eigenvalue weighted by Gasteiger charge is 2.50. The number of piperidine rings is 1. The number of amides is 1. The average Bonchev–Trinajstić information content (AvgIpc) is 2.16. The van der Waals surface area contributed by atoms with E-state index in [0.29, 0.717) is 0 Å². The number of esters is 1. The van der Waals surface area contributed by atoms with Crippen LogP contribution in [0.25, 0.3) is 0 Å². The summed E-state index contributed by atoms with van der Waals surface area (Å²) in [5, 5.41) is 1.78. The van der Waals surface area contributed by atoms with Gasteiger partial charge in [-0.1, -0.05) is 0 Å². The zero-order valence-corrected chi connectivity index (χ0v) is 8.63. The van der Waals surface area contributed by atoms with E-state index in [-0.39, 0.29) is 19.4 Å². The van der Waals surface area contributed by atoms with Gasteiger partial charge >= 0.3 is 12.1 Å². The van der Waals surface area contributed by atoms with Gasteiger partial charge in [-0.15, -0.1) is 0 Å². The fourth-order valence-electron chi connectivity index (χ4n) is 1.61. The van der Waals surface area contributed by atoms with E-state index < -0.39 is 30.0 Å². The standard InChI is InChI=1S/C9H12F3NO3/c1-2-16-8(15)5-3-4-6(14)13-7(5)9(10,11)12/h5,7H,2-4H2,1H3,(H,13,14). The highest BCUT2D eigenvalue weighted by Crippen LogP contribution is 2.31. The SMILES string of the molecule is CCOC(=O)C1CCC(=O)NC1C(F)(F)F. The van der Waals surface area contributed by atoms with Crippen molar-refractivity contribution in [1.82, 2.24) is 5.32 Å². The molecule has 1 rings (SSSR count). The number of halogens is 3. The number of rotatable bonds is 2. The topological polar surface area (TPSA) is 55.4 Å². The predicted molar refractivity (Wildman–Crippen MR) is 47.3 cm³/mol. The minimum absolute atomic E-state index is 0.0217. The molecule has 0 saturated carbocycles. The second-order valence-corrected chi connectivity index (χ2v) is 3.48. The lowest BCUT2D eigenvalue weighted by molar-refractivity contribution is -0.188. The summed E-state index contributed by atoms with van der Waals surface area (Å²) in [5.74, 6) is -2.94. The van der Waals surface area contributed by atoms with Gasteiger partial charge in [-0.05, 0) is 13.3 Å².